The van der Waals surface area contributed by atoms with Crippen molar-refractivity contribution >= 4 is 16.3 Å². The van der Waals surface area contributed by atoms with Gasteiger partial charge in [-0.1, -0.05) is 13.8 Å². The molecule has 0 unspecified atom stereocenters. The van der Waals surface area contributed by atoms with Crippen LogP contribution < -0.4 is 5.73 Å². The first-order valence-corrected chi connectivity index (χ1v) is 5.66. The lowest BCUT2D eigenvalue weighted by Gasteiger charge is -1.97. The van der Waals surface area contributed by atoms with E-state index in [2.05, 4.69) is 23.8 Å². The third-order valence-electron chi connectivity index (χ3n) is 2.10. The minimum Gasteiger partial charge on any atom is -0.389 e. The van der Waals surface area contributed by atoms with E-state index in [4.69, 9.17) is 5.73 Å². The maximum atomic E-state index is 5.94. The van der Waals surface area contributed by atoms with Crippen molar-refractivity contribution in [1.82, 2.24) is 9.97 Å². The third kappa shape index (κ3) is 1.99. The molecule has 0 saturated heterocycles. The molecular weight excluding hydrogens is 206 g/mol. The quantitative estimate of drug-likeness (QED) is 0.845. The van der Waals surface area contributed by atoms with Crippen molar-refractivity contribution in [1.29, 1.82) is 0 Å². The number of hydrogen-bond donors (Lipinski definition) is 1. The standard InChI is InChI=1S/C11H13N3S/c1-7(2)11-14-9(10(12)15-11)8-4-3-5-13-6-8/h3-7H,12H2,1-2H3. The van der Waals surface area contributed by atoms with E-state index in [1.807, 2.05) is 12.1 Å². The number of anilines is 1. The fourth-order valence-electron chi connectivity index (χ4n) is 1.31. The Morgan fingerprint density at radius 3 is 2.73 bits per heavy atom. The van der Waals surface area contributed by atoms with E-state index in [1.54, 1.807) is 23.7 Å². The van der Waals surface area contributed by atoms with Crippen molar-refractivity contribution in [2.45, 2.75) is 19.8 Å². The van der Waals surface area contributed by atoms with Gasteiger partial charge in [-0.05, 0) is 12.1 Å². The smallest absolute Gasteiger partial charge is 0.114 e. The average molecular weight is 219 g/mol. The summed E-state index contributed by atoms with van der Waals surface area (Å²) >= 11 is 1.56. The van der Waals surface area contributed by atoms with E-state index in [0.717, 1.165) is 21.3 Å². The number of nitrogens with zero attached hydrogens (tertiary/aromatic N) is 2. The summed E-state index contributed by atoms with van der Waals surface area (Å²) in [6, 6.07) is 3.87. The van der Waals surface area contributed by atoms with Crippen molar-refractivity contribution < 1.29 is 0 Å². The maximum Gasteiger partial charge on any atom is 0.114 e. The second-order valence-corrected chi connectivity index (χ2v) is 4.72. The SMILES string of the molecule is CC(C)c1nc(-c2cccnc2)c(N)s1. The van der Waals surface area contributed by atoms with Gasteiger partial charge in [-0.3, -0.25) is 4.98 Å². The van der Waals surface area contributed by atoms with Crippen LogP contribution in [0.4, 0.5) is 5.00 Å². The highest BCUT2D eigenvalue weighted by Crippen LogP contribution is 2.33. The molecule has 4 heteroatoms. The Bertz CT molecular complexity index is 448. The fraction of sp³-hybridized carbons (Fsp3) is 0.273. The number of aromatic nitrogens is 2. The Balaban J connectivity index is 2.45. The van der Waals surface area contributed by atoms with Crippen LogP contribution in [0.25, 0.3) is 11.3 Å². The van der Waals surface area contributed by atoms with Crippen LogP contribution in [0.15, 0.2) is 24.5 Å². The molecule has 0 fully saturated rings. The minimum absolute atomic E-state index is 0.419. The van der Waals surface area contributed by atoms with Crippen LogP contribution in [-0.2, 0) is 0 Å². The summed E-state index contributed by atoms with van der Waals surface area (Å²) in [5.41, 5.74) is 7.78. The van der Waals surface area contributed by atoms with Crippen molar-refractivity contribution in [3.63, 3.8) is 0 Å². The number of thiazole rings is 1. The highest BCUT2D eigenvalue weighted by molar-refractivity contribution is 7.16. The summed E-state index contributed by atoms with van der Waals surface area (Å²) in [6.07, 6.45) is 3.53. The summed E-state index contributed by atoms with van der Waals surface area (Å²) in [5, 5.41) is 1.85. The lowest BCUT2D eigenvalue weighted by atomic mass is 10.2. The van der Waals surface area contributed by atoms with Gasteiger partial charge in [0.2, 0.25) is 0 Å². The van der Waals surface area contributed by atoms with Gasteiger partial charge in [-0.2, -0.15) is 0 Å². The molecule has 0 saturated carbocycles. The number of nitrogen functional groups attached to an aromatic ring is 1. The highest BCUT2D eigenvalue weighted by atomic mass is 32.1. The first-order valence-electron chi connectivity index (χ1n) is 4.85. The fourth-order valence-corrected chi connectivity index (χ4v) is 2.16. The predicted octanol–water partition coefficient (Wildman–Crippen LogP) is 2.91. The average Bonchev–Trinajstić information content (AvgIpc) is 2.62. The van der Waals surface area contributed by atoms with Crippen LogP contribution in [0.5, 0.6) is 0 Å². The van der Waals surface area contributed by atoms with Crippen LogP contribution in [0.3, 0.4) is 0 Å². The first kappa shape index (κ1) is 10.1. The molecule has 0 spiro atoms. The van der Waals surface area contributed by atoms with Gasteiger partial charge in [0, 0.05) is 23.9 Å². The van der Waals surface area contributed by atoms with Crippen molar-refractivity contribution in [2.75, 3.05) is 5.73 Å². The van der Waals surface area contributed by atoms with Crippen LogP contribution >= 0.6 is 11.3 Å². The van der Waals surface area contributed by atoms with Gasteiger partial charge < -0.3 is 5.73 Å². The van der Waals surface area contributed by atoms with Gasteiger partial charge in [0.25, 0.3) is 0 Å². The molecule has 0 aliphatic carbocycles. The second-order valence-electron chi connectivity index (χ2n) is 3.66. The Kier molecular flexibility index (Phi) is 2.68. The topological polar surface area (TPSA) is 51.8 Å². The van der Waals surface area contributed by atoms with E-state index in [1.165, 1.54) is 0 Å². The molecular formula is C11H13N3S. The Hall–Kier alpha value is -1.42. The van der Waals surface area contributed by atoms with Crippen molar-refractivity contribution in [3.8, 4) is 11.3 Å². The van der Waals surface area contributed by atoms with Crippen LogP contribution in [-0.4, -0.2) is 9.97 Å². The van der Waals surface area contributed by atoms with Crippen molar-refractivity contribution in [3.05, 3.63) is 29.5 Å². The Morgan fingerprint density at radius 1 is 1.40 bits per heavy atom. The zero-order valence-electron chi connectivity index (χ0n) is 8.77. The molecule has 2 aromatic heterocycles. The molecule has 0 radical (unpaired) electrons. The van der Waals surface area contributed by atoms with Gasteiger partial charge in [0.05, 0.1) is 5.01 Å². The molecule has 3 nitrogen and oxygen atoms in total. The molecule has 15 heavy (non-hydrogen) atoms. The molecule has 2 heterocycles. The number of hydrogen-bond acceptors (Lipinski definition) is 4. The summed E-state index contributed by atoms with van der Waals surface area (Å²) in [6.45, 7) is 4.23. The van der Waals surface area contributed by atoms with E-state index < -0.39 is 0 Å². The lowest BCUT2D eigenvalue weighted by molar-refractivity contribution is 0.853. The van der Waals surface area contributed by atoms with Gasteiger partial charge in [-0.25, -0.2) is 4.98 Å². The Labute approximate surface area is 93.0 Å². The molecule has 0 bridgehead atoms. The second kappa shape index (κ2) is 3.98. The molecule has 0 aliphatic rings. The van der Waals surface area contributed by atoms with Crippen LogP contribution in [0.2, 0.25) is 0 Å². The van der Waals surface area contributed by atoms with E-state index in [-0.39, 0.29) is 0 Å². The monoisotopic (exact) mass is 219 g/mol. The zero-order chi connectivity index (χ0) is 10.8. The molecule has 0 aliphatic heterocycles. The van der Waals surface area contributed by atoms with E-state index in [0.29, 0.717) is 5.92 Å². The van der Waals surface area contributed by atoms with Gasteiger partial charge in [0.1, 0.15) is 10.7 Å². The summed E-state index contributed by atoms with van der Waals surface area (Å²) < 4.78 is 0. The van der Waals surface area contributed by atoms with Crippen LogP contribution in [0, 0.1) is 0 Å². The van der Waals surface area contributed by atoms with Gasteiger partial charge in [-0.15, -0.1) is 11.3 Å². The largest absolute Gasteiger partial charge is 0.389 e. The molecule has 78 valence electrons. The summed E-state index contributed by atoms with van der Waals surface area (Å²) in [4.78, 5) is 8.60. The molecule has 0 atom stereocenters. The van der Waals surface area contributed by atoms with Gasteiger partial charge in [0.15, 0.2) is 0 Å². The molecule has 0 amide bonds. The normalized spacial score (nSPS) is 10.9. The lowest BCUT2D eigenvalue weighted by Crippen LogP contribution is -1.87. The summed E-state index contributed by atoms with van der Waals surface area (Å²) in [7, 11) is 0. The summed E-state index contributed by atoms with van der Waals surface area (Å²) in [5.74, 6) is 0.419. The molecule has 2 aromatic rings. The minimum atomic E-state index is 0.419. The Morgan fingerprint density at radius 2 is 2.20 bits per heavy atom. The molecule has 2 rings (SSSR count). The van der Waals surface area contributed by atoms with Crippen molar-refractivity contribution in [2.24, 2.45) is 0 Å². The number of rotatable bonds is 2. The first-order chi connectivity index (χ1) is 7.18. The van der Waals surface area contributed by atoms with Gasteiger partial charge >= 0.3 is 0 Å². The number of nitrogens with two attached hydrogens (primary N) is 1. The van der Waals surface area contributed by atoms with Crippen LogP contribution in [0.1, 0.15) is 24.8 Å². The predicted molar refractivity (Wildman–Crippen MR) is 63.8 cm³/mol. The zero-order valence-corrected chi connectivity index (χ0v) is 9.58. The maximum absolute atomic E-state index is 5.94. The number of pyridine rings is 1. The molecule has 0 aromatic carbocycles. The van der Waals surface area contributed by atoms with E-state index >= 15 is 0 Å². The van der Waals surface area contributed by atoms with E-state index in [9.17, 15) is 0 Å². The highest BCUT2D eigenvalue weighted by Gasteiger charge is 2.12. The third-order valence-corrected chi connectivity index (χ3v) is 3.28. The molecule has 2 N–H and O–H groups in total.